The highest BCUT2D eigenvalue weighted by Crippen LogP contribution is 2.30. The van der Waals surface area contributed by atoms with Crippen LogP contribution in [0.4, 0.5) is 13.2 Å². The zero-order chi connectivity index (χ0) is 15.9. The van der Waals surface area contributed by atoms with Crippen LogP contribution in [0.3, 0.4) is 0 Å². The normalized spacial score (nSPS) is 15.0. The molecule has 0 fully saturated rings. The van der Waals surface area contributed by atoms with E-state index in [2.05, 4.69) is 5.32 Å². The fourth-order valence-corrected chi connectivity index (χ4v) is 1.90. The Balaban J connectivity index is 2.86. The Morgan fingerprint density at radius 3 is 2.52 bits per heavy atom. The van der Waals surface area contributed by atoms with Crippen molar-refractivity contribution in [2.45, 2.75) is 51.9 Å². The number of benzene rings is 1. The first-order valence-electron chi connectivity index (χ1n) is 7.40. The molecule has 5 heteroatoms. The van der Waals surface area contributed by atoms with Crippen LogP contribution in [0.25, 0.3) is 0 Å². The van der Waals surface area contributed by atoms with Crippen molar-refractivity contribution in [2.75, 3.05) is 13.2 Å². The fourth-order valence-electron chi connectivity index (χ4n) is 1.90. The summed E-state index contributed by atoms with van der Waals surface area (Å²) in [5.74, 6) is 0. The summed E-state index contributed by atoms with van der Waals surface area (Å²) in [4.78, 5) is 0. The predicted molar refractivity (Wildman–Crippen MR) is 78.2 cm³/mol. The molecule has 0 saturated heterocycles. The molecule has 0 aliphatic heterocycles. The minimum absolute atomic E-state index is 0.0988. The number of rotatable bonds is 8. The van der Waals surface area contributed by atoms with Gasteiger partial charge in [0.25, 0.3) is 0 Å². The molecule has 0 aromatic heterocycles. The van der Waals surface area contributed by atoms with E-state index in [4.69, 9.17) is 4.74 Å². The third kappa shape index (κ3) is 6.06. The summed E-state index contributed by atoms with van der Waals surface area (Å²) < 4.78 is 44.1. The van der Waals surface area contributed by atoms with Gasteiger partial charge >= 0.3 is 6.18 Å². The summed E-state index contributed by atoms with van der Waals surface area (Å²) >= 11 is 0. The molecule has 0 saturated carbocycles. The highest BCUT2D eigenvalue weighted by atomic mass is 19.4. The highest BCUT2D eigenvalue weighted by Gasteiger charge is 2.31. The first-order valence-corrected chi connectivity index (χ1v) is 7.40. The van der Waals surface area contributed by atoms with Crippen LogP contribution >= 0.6 is 0 Å². The largest absolute Gasteiger partial charge is 0.416 e. The summed E-state index contributed by atoms with van der Waals surface area (Å²) in [6, 6.07) is 5.23. The maximum atomic E-state index is 12.8. The average Bonchev–Trinajstić information content (AvgIpc) is 2.46. The Morgan fingerprint density at radius 1 is 1.24 bits per heavy atom. The van der Waals surface area contributed by atoms with E-state index in [1.165, 1.54) is 12.1 Å². The molecule has 2 nitrogen and oxygen atoms in total. The van der Waals surface area contributed by atoms with E-state index in [1.54, 1.807) is 6.07 Å². The van der Waals surface area contributed by atoms with E-state index in [-0.39, 0.29) is 12.1 Å². The van der Waals surface area contributed by atoms with E-state index in [0.29, 0.717) is 12.2 Å². The molecular weight excluding hydrogens is 279 g/mol. The Labute approximate surface area is 124 Å². The van der Waals surface area contributed by atoms with Gasteiger partial charge in [0.1, 0.15) is 0 Å². The van der Waals surface area contributed by atoms with Crippen molar-refractivity contribution < 1.29 is 17.9 Å². The van der Waals surface area contributed by atoms with Gasteiger partial charge in [0.2, 0.25) is 0 Å². The number of ether oxygens (including phenoxy) is 1. The lowest BCUT2D eigenvalue weighted by Crippen LogP contribution is -2.28. The van der Waals surface area contributed by atoms with Crippen molar-refractivity contribution in [3.63, 3.8) is 0 Å². The molecule has 1 N–H and O–H groups in total. The summed E-state index contributed by atoms with van der Waals surface area (Å²) in [6.45, 7) is 7.11. The van der Waals surface area contributed by atoms with Gasteiger partial charge in [-0.1, -0.05) is 26.0 Å². The van der Waals surface area contributed by atoms with Crippen molar-refractivity contribution in [3.8, 4) is 0 Å². The molecule has 21 heavy (non-hydrogen) atoms. The fraction of sp³-hybridized carbons (Fsp3) is 0.625. The molecule has 1 aromatic carbocycles. The zero-order valence-corrected chi connectivity index (χ0v) is 12.8. The van der Waals surface area contributed by atoms with Crippen LogP contribution in [0, 0.1) is 0 Å². The monoisotopic (exact) mass is 303 g/mol. The van der Waals surface area contributed by atoms with Crippen LogP contribution in [0.2, 0.25) is 0 Å². The quantitative estimate of drug-likeness (QED) is 0.760. The Bertz CT molecular complexity index is 420. The first kappa shape index (κ1) is 18.0. The van der Waals surface area contributed by atoms with Crippen molar-refractivity contribution in [1.82, 2.24) is 5.32 Å². The predicted octanol–water partition coefficient (Wildman–Crippen LogP) is 4.56. The second-order valence-corrected chi connectivity index (χ2v) is 5.18. The third-order valence-corrected chi connectivity index (χ3v) is 3.38. The van der Waals surface area contributed by atoms with E-state index >= 15 is 0 Å². The lowest BCUT2D eigenvalue weighted by molar-refractivity contribution is -0.137. The maximum Gasteiger partial charge on any atom is 0.416 e. The van der Waals surface area contributed by atoms with Gasteiger partial charge in [0, 0.05) is 0 Å². The van der Waals surface area contributed by atoms with Gasteiger partial charge in [-0.05, 0) is 44.0 Å². The SMILES string of the molecule is CCCNC(COC(C)CC)c1cccc(C(F)(F)F)c1. The first-order chi connectivity index (χ1) is 9.88. The number of hydrogen-bond donors (Lipinski definition) is 1. The van der Waals surface area contributed by atoms with Gasteiger partial charge in [-0.2, -0.15) is 13.2 Å². The third-order valence-electron chi connectivity index (χ3n) is 3.38. The summed E-state index contributed by atoms with van der Waals surface area (Å²) in [5.41, 5.74) is -0.00610. The molecule has 0 spiro atoms. The standard InChI is InChI=1S/C16H24F3NO/c1-4-9-20-15(11-21-12(3)5-2)13-7-6-8-14(10-13)16(17,18)19/h6-8,10,12,15,20H,4-5,9,11H2,1-3H3. The number of halogens is 3. The van der Waals surface area contributed by atoms with Crippen LogP contribution in [0.1, 0.15) is 50.8 Å². The number of nitrogens with one attached hydrogen (secondary N) is 1. The summed E-state index contributed by atoms with van der Waals surface area (Å²) in [5, 5.41) is 3.25. The zero-order valence-electron chi connectivity index (χ0n) is 12.8. The van der Waals surface area contributed by atoms with Gasteiger partial charge in [0.15, 0.2) is 0 Å². The van der Waals surface area contributed by atoms with E-state index in [0.717, 1.165) is 25.5 Å². The number of alkyl halides is 3. The summed E-state index contributed by atoms with van der Waals surface area (Å²) in [7, 11) is 0. The molecule has 0 bridgehead atoms. The molecule has 0 aliphatic carbocycles. The minimum atomic E-state index is -4.32. The molecule has 0 heterocycles. The van der Waals surface area contributed by atoms with Crippen molar-refractivity contribution in [3.05, 3.63) is 35.4 Å². The van der Waals surface area contributed by atoms with E-state index in [1.807, 2.05) is 20.8 Å². The minimum Gasteiger partial charge on any atom is -0.377 e. The molecule has 120 valence electrons. The van der Waals surface area contributed by atoms with Crippen molar-refractivity contribution >= 4 is 0 Å². The van der Waals surface area contributed by atoms with Gasteiger partial charge in [-0.15, -0.1) is 0 Å². The molecule has 1 rings (SSSR count). The summed E-state index contributed by atoms with van der Waals surface area (Å²) in [6.07, 6.45) is -2.42. The van der Waals surface area contributed by atoms with Crippen LogP contribution in [-0.2, 0) is 10.9 Å². The second-order valence-electron chi connectivity index (χ2n) is 5.18. The van der Waals surface area contributed by atoms with Crippen molar-refractivity contribution in [1.29, 1.82) is 0 Å². The smallest absolute Gasteiger partial charge is 0.377 e. The van der Waals surface area contributed by atoms with Gasteiger partial charge in [-0.3, -0.25) is 0 Å². The topological polar surface area (TPSA) is 21.3 Å². The second kappa shape index (κ2) is 8.39. The van der Waals surface area contributed by atoms with Crippen LogP contribution in [0.15, 0.2) is 24.3 Å². The molecular formula is C16H24F3NO. The van der Waals surface area contributed by atoms with Crippen LogP contribution < -0.4 is 5.32 Å². The molecule has 0 amide bonds. The van der Waals surface area contributed by atoms with Crippen molar-refractivity contribution in [2.24, 2.45) is 0 Å². The van der Waals surface area contributed by atoms with Crippen LogP contribution in [0.5, 0.6) is 0 Å². The van der Waals surface area contributed by atoms with Gasteiger partial charge < -0.3 is 10.1 Å². The molecule has 2 atom stereocenters. The van der Waals surface area contributed by atoms with Crippen LogP contribution in [-0.4, -0.2) is 19.3 Å². The van der Waals surface area contributed by atoms with E-state index in [9.17, 15) is 13.2 Å². The highest BCUT2D eigenvalue weighted by molar-refractivity contribution is 5.28. The molecule has 2 unspecified atom stereocenters. The average molecular weight is 303 g/mol. The Kier molecular flexibility index (Phi) is 7.18. The lowest BCUT2D eigenvalue weighted by atomic mass is 10.0. The molecule has 0 radical (unpaired) electrons. The van der Waals surface area contributed by atoms with Gasteiger partial charge in [0.05, 0.1) is 24.3 Å². The number of hydrogen-bond acceptors (Lipinski definition) is 2. The van der Waals surface area contributed by atoms with Gasteiger partial charge in [-0.25, -0.2) is 0 Å². The Hall–Kier alpha value is -1.07. The maximum absolute atomic E-state index is 12.8. The lowest BCUT2D eigenvalue weighted by Gasteiger charge is -2.22. The molecule has 0 aliphatic rings. The molecule has 1 aromatic rings. The van der Waals surface area contributed by atoms with E-state index < -0.39 is 11.7 Å². The Morgan fingerprint density at radius 2 is 1.95 bits per heavy atom.